The van der Waals surface area contributed by atoms with Crippen molar-refractivity contribution >= 4 is 22.3 Å². The molecule has 0 spiro atoms. The minimum atomic E-state index is -3.97. The molecule has 2 aromatic heterocycles. The molecule has 6 nitrogen and oxygen atoms in total. The van der Waals surface area contributed by atoms with Gasteiger partial charge in [-0.1, -0.05) is 17.7 Å². The van der Waals surface area contributed by atoms with Gasteiger partial charge in [0.2, 0.25) is 0 Å². The first kappa shape index (κ1) is 16.4. The van der Waals surface area contributed by atoms with Crippen molar-refractivity contribution in [2.75, 3.05) is 0 Å². The molecule has 3 rings (SSSR count). The van der Waals surface area contributed by atoms with E-state index in [4.69, 9.17) is 16.4 Å². The molecule has 1 N–H and O–H groups in total. The highest BCUT2D eigenvalue weighted by Crippen LogP contribution is 2.25. The molecule has 0 saturated carbocycles. The maximum absolute atomic E-state index is 12.5. The van der Waals surface area contributed by atoms with Gasteiger partial charge in [-0.25, -0.2) is 4.98 Å². The number of nitrogens with zero attached hydrogens (tertiary/aromatic N) is 2. The summed E-state index contributed by atoms with van der Waals surface area (Å²) in [7, 11) is -3.97. The van der Waals surface area contributed by atoms with Gasteiger partial charge >= 0.3 is 10.1 Å². The number of H-pyrrole nitrogens is 1. The van der Waals surface area contributed by atoms with Gasteiger partial charge in [-0.3, -0.25) is 4.57 Å². The van der Waals surface area contributed by atoms with Crippen LogP contribution in [0.15, 0.2) is 53.7 Å². The molecule has 0 amide bonds. The predicted octanol–water partition coefficient (Wildman–Crippen LogP) is 3.31. The lowest BCUT2D eigenvalue weighted by Crippen LogP contribution is -2.12. The van der Waals surface area contributed by atoms with E-state index >= 15 is 0 Å². The van der Waals surface area contributed by atoms with E-state index < -0.39 is 10.1 Å². The van der Waals surface area contributed by atoms with E-state index in [-0.39, 0.29) is 10.6 Å². The van der Waals surface area contributed by atoms with Crippen LogP contribution in [0.2, 0.25) is 0 Å². The number of imidazole rings is 1. The van der Waals surface area contributed by atoms with Gasteiger partial charge in [0.25, 0.3) is 0 Å². The average Bonchev–Trinajstić information content (AvgIpc) is 2.95. The van der Waals surface area contributed by atoms with Gasteiger partial charge in [0.1, 0.15) is 4.90 Å². The van der Waals surface area contributed by atoms with Crippen molar-refractivity contribution < 1.29 is 12.6 Å². The summed E-state index contributed by atoms with van der Waals surface area (Å²) in [5, 5.41) is 0. The largest absolute Gasteiger partial charge is 0.375 e. The molecule has 0 aliphatic heterocycles. The molecule has 0 atom stereocenters. The molecule has 8 heteroatoms. The summed E-state index contributed by atoms with van der Waals surface area (Å²) in [6.45, 7) is 3.69. The summed E-state index contributed by atoms with van der Waals surface area (Å²) in [6, 6.07) is 9.69. The number of nitrogens with one attached hydrogen (secondary N) is 1. The van der Waals surface area contributed by atoms with Gasteiger partial charge in [0.15, 0.2) is 16.3 Å². The van der Waals surface area contributed by atoms with Crippen molar-refractivity contribution in [1.82, 2.24) is 14.5 Å². The Bertz CT molecular complexity index is 1030. The van der Waals surface area contributed by atoms with Crippen molar-refractivity contribution in [3.8, 4) is 11.6 Å². The highest BCUT2D eigenvalue weighted by Gasteiger charge is 2.20. The van der Waals surface area contributed by atoms with Gasteiger partial charge in [0, 0.05) is 18.1 Å². The van der Waals surface area contributed by atoms with Crippen LogP contribution in [0, 0.1) is 18.6 Å². The molecule has 0 saturated heterocycles. The highest BCUT2D eigenvalue weighted by molar-refractivity contribution is 7.87. The summed E-state index contributed by atoms with van der Waals surface area (Å²) in [4.78, 5) is 7.28. The fourth-order valence-electron chi connectivity index (χ4n) is 2.13. The minimum absolute atomic E-state index is 0.0808. The number of aromatic nitrogens is 3. The van der Waals surface area contributed by atoms with E-state index in [0.29, 0.717) is 16.3 Å². The number of hydrogen-bond donors (Lipinski definition) is 1. The zero-order chi connectivity index (χ0) is 17.3. The molecule has 0 aliphatic carbocycles. The van der Waals surface area contributed by atoms with E-state index in [9.17, 15) is 8.42 Å². The lowest BCUT2D eigenvalue weighted by molar-refractivity contribution is 0.483. The summed E-state index contributed by atoms with van der Waals surface area (Å²) in [5.41, 5.74) is 1.68. The normalized spacial score (nSPS) is 11.4. The first-order valence-electron chi connectivity index (χ1n) is 7.12. The Morgan fingerprint density at radius 1 is 1.12 bits per heavy atom. The van der Waals surface area contributed by atoms with Crippen LogP contribution in [-0.2, 0) is 10.1 Å². The lowest BCUT2D eigenvalue weighted by atomic mass is 10.2. The molecule has 0 radical (unpaired) electrons. The second kappa shape index (κ2) is 6.21. The van der Waals surface area contributed by atoms with Gasteiger partial charge in [-0.2, -0.15) is 8.42 Å². The number of hydrogen-bond acceptors (Lipinski definition) is 5. The fourth-order valence-corrected chi connectivity index (χ4v) is 3.27. The maximum atomic E-state index is 12.5. The minimum Gasteiger partial charge on any atom is -0.375 e. The van der Waals surface area contributed by atoms with E-state index in [1.807, 2.05) is 6.92 Å². The van der Waals surface area contributed by atoms with Crippen LogP contribution in [0.3, 0.4) is 0 Å². The maximum Gasteiger partial charge on any atom is 0.339 e. The molecular formula is C16H15N3O3S2. The summed E-state index contributed by atoms with van der Waals surface area (Å²) < 4.78 is 32.3. The van der Waals surface area contributed by atoms with Crippen LogP contribution in [0.1, 0.15) is 11.3 Å². The lowest BCUT2D eigenvalue weighted by Gasteiger charge is -2.12. The van der Waals surface area contributed by atoms with E-state index in [0.717, 1.165) is 5.56 Å². The van der Waals surface area contributed by atoms with Crippen molar-refractivity contribution in [1.29, 1.82) is 0 Å². The molecule has 0 bridgehead atoms. The molecular weight excluding hydrogens is 346 g/mol. The van der Waals surface area contributed by atoms with E-state index in [1.54, 1.807) is 48.1 Å². The SMILES string of the molecule is Cc1ccc(S(=O)(=O)Oc2ccc(C)nc2-n2cc[nH]c2=S)cc1. The standard InChI is InChI=1S/C16H15N3O3S2/c1-11-3-6-13(7-4-11)24(20,21)22-14-8-5-12(2)18-15(14)19-10-9-17-16(19)23/h3-10H,1-2H3,(H,17,23). The van der Waals surface area contributed by atoms with E-state index in [2.05, 4.69) is 9.97 Å². The van der Waals surface area contributed by atoms with Crippen molar-refractivity contribution in [3.05, 3.63) is 64.8 Å². The van der Waals surface area contributed by atoms with Gasteiger partial charge in [-0.05, 0) is 50.3 Å². The van der Waals surface area contributed by atoms with Gasteiger partial charge < -0.3 is 9.17 Å². The average molecular weight is 361 g/mol. The molecule has 124 valence electrons. The smallest absolute Gasteiger partial charge is 0.339 e. The topological polar surface area (TPSA) is 77.0 Å². The Morgan fingerprint density at radius 3 is 2.46 bits per heavy atom. The summed E-state index contributed by atoms with van der Waals surface area (Å²) in [6.07, 6.45) is 3.31. The zero-order valence-corrected chi connectivity index (χ0v) is 14.7. The first-order valence-corrected chi connectivity index (χ1v) is 8.94. The number of pyridine rings is 1. The third-order valence-corrected chi connectivity index (χ3v) is 4.93. The Hall–Kier alpha value is -2.45. The number of benzene rings is 1. The monoisotopic (exact) mass is 361 g/mol. The molecule has 0 aliphatic rings. The van der Waals surface area contributed by atoms with Crippen molar-refractivity contribution in [3.63, 3.8) is 0 Å². The molecule has 24 heavy (non-hydrogen) atoms. The Morgan fingerprint density at radius 2 is 1.83 bits per heavy atom. The highest BCUT2D eigenvalue weighted by atomic mass is 32.2. The number of aromatic amines is 1. The summed E-state index contributed by atoms with van der Waals surface area (Å²) in [5.74, 6) is 0.425. The number of rotatable bonds is 4. The molecule has 1 aromatic carbocycles. The van der Waals surface area contributed by atoms with Crippen LogP contribution < -0.4 is 4.18 Å². The van der Waals surface area contributed by atoms with Crippen molar-refractivity contribution in [2.45, 2.75) is 18.7 Å². The van der Waals surface area contributed by atoms with Crippen LogP contribution in [0.4, 0.5) is 0 Å². The van der Waals surface area contributed by atoms with Gasteiger partial charge in [0.05, 0.1) is 0 Å². The van der Waals surface area contributed by atoms with Crippen LogP contribution in [0.5, 0.6) is 5.75 Å². The Balaban J connectivity index is 2.06. The third-order valence-electron chi connectivity index (χ3n) is 3.37. The molecule has 0 unspecified atom stereocenters. The first-order chi connectivity index (χ1) is 11.4. The predicted molar refractivity (Wildman–Crippen MR) is 92.5 cm³/mol. The van der Waals surface area contributed by atoms with Crippen molar-refractivity contribution in [2.24, 2.45) is 0 Å². The molecule has 3 aromatic rings. The van der Waals surface area contributed by atoms with E-state index in [1.165, 1.54) is 12.1 Å². The Labute approximate surface area is 144 Å². The third kappa shape index (κ3) is 3.24. The second-order valence-corrected chi connectivity index (χ2v) is 7.19. The number of aryl methyl sites for hydroxylation is 2. The molecule has 2 heterocycles. The Kier molecular flexibility index (Phi) is 4.25. The summed E-state index contributed by atoms with van der Waals surface area (Å²) >= 11 is 5.18. The quantitative estimate of drug-likeness (QED) is 0.570. The second-order valence-electron chi connectivity index (χ2n) is 5.26. The van der Waals surface area contributed by atoms with Gasteiger partial charge in [-0.15, -0.1) is 0 Å². The molecule has 0 fully saturated rings. The van der Waals surface area contributed by atoms with Crippen LogP contribution >= 0.6 is 12.2 Å². The zero-order valence-electron chi connectivity index (χ0n) is 13.1. The van der Waals surface area contributed by atoms with Crippen LogP contribution in [-0.4, -0.2) is 23.0 Å². The fraction of sp³-hybridized carbons (Fsp3) is 0.125. The van der Waals surface area contributed by atoms with Crippen LogP contribution in [0.25, 0.3) is 5.82 Å².